The van der Waals surface area contributed by atoms with E-state index in [2.05, 4.69) is 10.1 Å². The largest absolute Gasteiger partial charge is 0.272 e. The van der Waals surface area contributed by atoms with E-state index in [0.717, 1.165) is 0 Å². The van der Waals surface area contributed by atoms with Gasteiger partial charge in [-0.1, -0.05) is 0 Å². The van der Waals surface area contributed by atoms with Gasteiger partial charge in [0.2, 0.25) is 5.91 Å². The van der Waals surface area contributed by atoms with Gasteiger partial charge in [0.25, 0.3) is 0 Å². The molecule has 0 aromatic rings. The number of fused-ring (bicyclic) bond motifs is 1. The van der Waals surface area contributed by atoms with Gasteiger partial charge in [-0.05, 0) is 12.2 Å². The molecule has 0 fully saturated rings. The van der Waals surface area contributed by atoms with Crippen LogP contribution in [0.2, 0.25) is 0 Å². The first-order valence-corrected chi connectivity index (χ1v) is 3.46. The van der Waals surface area contributed by atoms with Gasteiger partial charge >= 0.3 is 0 Å². The molecular formula is C7H7N3O. The summed E-state index contributed by atoms with van der Waals surface area (Å²) in [6, 6.07) is 0. The average Bonchev–Trinajstić information content (AvgIpc) is 2.04. The third-order valence-corrected chi connectivity index (χ3v) is 1.58. The Morgan fingerprint density at radius 1 is 1.55 bits per heavy atom. The molecule has 4 heteroatoms. The van der Waals surface area contributed by atoms with E-state index in [-0.39, 0.29) is 5.91 Å². The molecule has 0 atom stereocenters. The number of amidine groups is 1. The normalized spacial score (nSPS) is 21.6. The van der Waals surface area contributed by atoms with Gasteiger partial charge in [0.15, 0.2) is 5.84 Å². The highest BCUT2D eigenvalue weighted by atomic mass is 16.1. The summed E-state index contributed by atoms with van der Waals surface area (Å²) in [5.74, 6) is 0.599. The lowest BCUT2D eigenvalue weighted by atomic mass is 10.3. The fourth-order valence-electron chi connectivity index (χ4n) is 1.05. The number of hydrogen-bond donors (Lipinski definition) is 0. The number of carbonyl (C=O) groups is 1. The Bertz CT molecular complexity index is 277. The van der Waals surface area contributed by atoms with Gasteiger partial charge in [-0.15, -0.1) is 0 Å². The average molecular weight is 149 g/mol. The quantitative estimate of drug-likeness (QED) is 0.493. The number of nitrogens with zero attached hydrogens (tertiary/aromatic N) is 3. The standard InChI is InChI=1S/C7H7N3O/c11-7-3-5-10-6(9-7)2-1-4-8-10/h1-2,4H,3,5H2. The number of amides is 1. The summed E-state index contributed by atoms with van der Waals surface area (Å²) in [4.78, 5) is 14.6. The number of rotatable bonds is 0. The van der Waals surface area contributed by atoms with Crippen LogP contribution in [-0.4, -0.2) is 29.5 Å². The number of carbonyl (C=O) groups excluding carboxylic acids is 1. The Hall–Kier alpha value is -1.45. The summed E-state index contributed by atoms with van der Waals surface area (Å²) in [5.41, 5.74) is 0. The molecular weight excluding hydrogens is 142 g/mol. The zero-order valence-corrected chi connectivity index (χ0v) is 5.90. The van der Waals surface area contributed by atoms with E-state index in [0.29, 0.717) is 18.8 Å². The maximum atomic E-state index is 10.8. The van der Waals surface area contributed by atoms with E-state index in [1.165, 1.54) is 0 Å². The molecule has 0 radical (unpaired) electrons. The first kappa shape index (κ1) is 6.27. The van der Waals surface area contributed by atoms with Gasteiger partial charge in [0.05, 0.1) is 6.54 Å². The number of aliphatic imine (C=N–C) groups is 1. The van der Waals surface area contributed by atoms with Crippen molar-refractivity contribution in [1.82, 2.24) is 5.01 Å². The molecule has 56 valence electrons. The van der Waals surface area contributed by atoms with Crippen LogP contribution in [0.1, 0.15) is 6.42 Å². The lowest BCUT2D eigenvalue weighted by Gasteiger charge is -2.22. The van der Waals surface area contributed by atoms with Crippen molar-refractivity contribution in [3.05, 3.63) is 12.2 Å². The molecule has 11 heavy (non-hydrogen) atoms. The fraction of sp³-hybridized carbons (Fsp3) is 0.286. The van der Waals surface area contributed by atoms with Crippen LogP contribution in [0.5, 0.6) is 0 Å². The Kier molecular flexibility index (Phi) is 1.31. The van der Waals surface area contributed by atoms with E-state index in [1.807, 2.05) is 0 Å². The first-order chi connectivity index (χ1) is 5.36. The summed E-state index contributed by atoms with van der Waals surface area (Å²) in [7, 11) is 0. The van der Waals surface area contributed by atoms with Crippen molar-refractivity contribution in [1.29, 1.82) is 0 Å². The second kappa shape index (κ2) is 2.30. The van der Waals surface area contributed by atoms with Gasteiger partial charge in [0, 0.05) is 12.6 Å². The molecule has 2 aliphatic rings. The Balaban J connectivity index is 2.33. The number of allylic oxidation sites excluding steroid dienone is 1. The minimum absolute atomic E-state index is 0.0574. The van der Waals surface area contributed by atoms with Gasteiger partial charge < -0.3 is 0 Å². The van der Waals surface area contributed by atoms with Gasteiger partial charge in [-0.3, -0.25) is 4.79 Å². The molecule has 0 saturated carbocycles. The molecule has 0 aromatic heterocycles. The highest BCUT2D eigenvalue weighted by molar-refractivity contribution is 6.05. The van der Waals surface area contributed by atoms with Crippen molar-refractivity contribution >= 4 is 18.0 Å². The minimum Gasteiger partial charge on any atom is -0.272 e. The second-order valence-corrected chi connectivity index (χ2v) is 2.36. The molecule has 2 rings (SSSR count). The molecule has 1 amide bonds. The Morgan fingerprint density at radius 3 is 3.36 bits per heavy atom. The lowest BCUT2D eigenvalue weighted by molar-refractivity contribution is -0.118. The molecule has 0 unspecified atom stereocenters. The highest BCUT2D eigenvalue weighted by Gasteiger charge is 2.17. The van der Waals surface area contributed by atoms with Crippen LogP contribution in [0, 0.1) is 0 Å². The SMILES string of the molecule is O=C1CCN2N=CC=CC2=N1. The zero-order valence-electron chi connectivity index (χ0n) is 5.90. The summed E-state index contributed by atoms with van der Waals surface area (Å²) in [6.07, 6.45) is 5.71. The van der Waals surface area contributed by atoms with Crippen LogP contribution in [0.15, 0.2) is 22.2 Å². The van der Waals surface area contributed by atoms with Gasteiger partial charge in [-0.2, -0.15) is 10.1 Å². The molecule has 0 aliphatic carbocycles. The van der Waals surface area contributed by atoms with E-state index in [4.69, 9.17) is 0 Å². The van der Waals surface area contributed by atoms with Crippen LogP contribution in [-0.2, 0) is 4.79 Å². The van der Waals surface area contributed by atoms with Gasteiger partial charge in [-0.25, -0.2) is 5.01 Å². The van der Waals surface area contributed by atoms with Crippen molar-refractivity contribution < 1.29 is 4.79 Å². The smallest absolute Gasteiger partial charge is 0.249 e. The molecule has 0 N–H and O–H groups in total. The van der Waals surface area contributed by atoms with E-state index in [1.54, 1.807) is 23.4 Å². The molecule has 0 spiro atoms. The van der Waals surface area contributed by atoms with Crippen LogP contribution < -0.4 is 0 Å². The van der Waals surface area contributed by atoms with Crippen molar-refractivity contribution in [2.24, 2.45) is 10.1 Å². The van der Waals surface area contributed by atoms with Gasteiger partial charge in [0.1, 0.15) is 0 Å². The van der Waals surface area contributed by atoms with Crippen molar-refractivity contribution in [3.8, 4) is 0 Å². The van der Waals surface area contributed by atoms with Crippen LogP contribution >= 0.6 is 0 Å². The molecule has 0 bridgehead atoms. The summed E-state index contributed by atoms with van der Waals surface area (Å²) in [5, 5.41) is 5.75. The molecule has 0 aromatic carbocycles. The van der Waals surface area contributed by atoms with E-state index >= 15 is 0 Å². The van der Waals surface area contributed by atoms with Crippen LogP contribution in [0.3, 0.4) is 0 Å². The minimum atomic E-state index is -0.0574. The Labute approximate surface area is 63.9 Å². The predicted molar refractivity (Wildman–Crippen MR) is 41.4 cm³/mol. The third-order valence-electron chi connectivity index (χ3n) is 1.58. The summed E-state index contributed by atoms with van der Waals surface area (Å²) >= 11 is 0. The predicted octanol–water partition coefficient (Wildman–Crippen LogP) is 0.173. The topological polar surface area (TPSA) is 45.0 Å². The number of hydrogen-bond acceptors (Lipinski definition) is 3. The summed E-state index contributed by atoms with van der Waals surface area (Å²) in [6.45, 7) is 0.651. The van der Waals surface area contributed by atoms with Crippen molar-refractivity contribution in [2.75, 3.05) is 6.54 Å². The van der Waals surface area contributed by atoms with Crippen LogP contribution in [0.4, 0.5) is 0 Å². The van der Waals surface area contributed by atoms with Crippen molar-refractivity contribution in [3.63, 3.8) is 0 Å². The molecule has 2 heterocycles. The molecule has 2 aliphatic heterocycles. The molecule has 4 nitrogen and oxygen atoms in total. The highest BCUT2D eigenvalue weighted by Crippen LogP contribution is 2.07. The second-order valence-electron chi connectivity index (χ2n) is 2.36. The summed E-state index contributed by atoms with van der Waals surface area (Å²) < 4.78 is 0. The first-order valence-electron chi connectivity index (χ1n) is 3.46. The molecule has 0 saturated heterocycles. The lowest BCUT2D eigenvalue weighted by Crippen LogP contribution is -2.33. The fourth-order valence-corrected chi connectivity index (χ4v) is 1.05. The number of hydrazone groups is 1. The third kappa shape index (κ3) is 1.07. The maximum Gasteiger partial charge on any atom is 0.249 e. The van der Waals surface area contributed by atoms with Crippen LogP contribution in [0.25, 0.3) is 0 Å². The van der Waals surface area contributed by atoms with E-state index in [9.17, 15) is 4.79 Å². The zero-order chi connectivity index (χ0) is 7.68. The monoisotopic (exact) mass is 149 g/mol. The Morgan fingerprint density at radius 2 is 2.45 bits per heavy atom. The van der Waals surface area contributed by atoms with Crippen molar-refractivity contribution in [2.45, 2.75) is 6.42 Å². The van der Waals surface area contributed by atoms with E-state index < -0.39 is 0 Å². The maximum absolute atomic E-state index is 10.8.